The Kier molecular flexibility index (Phi) is 5.49. The quantitative estimate of drug-likeness (QED) is 0.403. The van der Waals surface area contributed by atoms with Crippen LogP contribution < -0.4 is 5.32 Å². The van der Waals surface area contributed by atoms with Crippen molar-refractivity contribution in [1.82, 2.24) is 5.32 Å². The van der Waals surface area contributed by atoms with Gasteiger partial charge in [0.1, 0.15) is 18.3 Å². The smallest absolute Gasteiger partial charge is 0.370 e. The lowest BCUT2D eigenvalue weighted by Gasteiger charge is -2.36. The Morgan fingerprint density at radius 3 is 2.55 bits per heavy atom. The number of nitrogens with one attached hydrogen (secondary N) is 1. The lowest BCUT2D eigenvalue weighted by molar-refractivity contribution is -0.149. The Balaban J connectivity index is 2.76. The maximum atomic E-state index is 10.9. The molecule has 8 heteroatoms. The van der Waals surface area contributed by atoms with E-state index < -0.39 is 42.1 Å². The van der Waals surface area contributed by atoms with E-state index in [1.807, 2.05) is 0 Å². The SMILES string of the molecule is CC(=O)NC[C@H](O)[C@H](O)C1OC(C(=O)O)=CC(O)[C@H]1C. The van der Waals surface area contributed by atoms with Crippen LogP contribution in [-0.4, -0.2) is 63.3 Å². The summed E-state index contributed by atoms with van der Waals surface area (Å²) in [5.74, 6) is -2.84. The molecule has 1 heterocycles. The van der Waals surface area contributed by atoms with Crippen LogP contribution in [0.1, 0.15) is 13.8 Å². The summed E-state index contributed by atoms with van der Waals surface area (Å²) in [5, 5.41) is 40.7. The number of hydrogen-bond acceptors (Lipinski definition) is 6. The summed E-state index contributed by atoms with van der Waals surface area (Å²) in [5.41, 5.74) is 0. The first-order chi connectivity index (χ1) is 9.23. The Bertz CT molecular complexity index is 409. The Hall–Kier alpha value is -1.64. The molecular formula is C12H19NO7. The number of carboxylic acid groups (broad SMARTS) is 1. The molecule has 20 heavy (non-hydrogen) atoms. The minimum absolute atomic E-state index is 0.203. The normalized spacial score (nSPS) is 28.9. The third-order valence-corrected chi connectivity index (χ3v) is 3.14. The van der Waals surface area contributed by atoms with Crippen LogP contribution in [0.4, 0.5) is 0 Å². The van der Waals surface area contributed by atoms with Crippen molar-refractivity contribution in [2.75, 3.05) is 6.54 Å². The molecule has 1 aliphatic heterocycles. The van der Waals surface area contributed by atoms with Crippen LogP contribution in [0.3, 0.4) is 0 Å². The molecule has 0 aromatic heterocycles. The highest BCUT2D eigenvalue weighted by Gasteiger charge is 2.40. The predicted molar refractivity (Wildman–Crippen MR) is 66.5 cm³/mol. The number of aliphatic carboxylic acids is 1. The van der Waals surface area contributed by atoms with Crippen LogP contribution in [-0.2, 0) is 14.3 Å². The van der Waals surface area contributed by atoms with E-state index in [9.17, 15) is 24.9 Å². The van der Waals surface area contributed by atoms with Crippen LogP contribution in [0.25, 0.3) is 0 Å². The molecule has 0 aromatic carbocycles. The van der Waals surface area contributed by atoms with E-state index in [4.69, 9.17) is 9.84 Å². The molecule has 114 valence electrons. The van der Waals surface area contributed by atoms with Crippen LogP contribution in [0.2, 0.25) is 0 Å². The van der Waals surface area contributed by atoms with Gasteiger partial charge in [0.05, 0.1) is 6.10 Å². The van der Waals surface area contributed by atoms with Crippen LogP contribution in [0.5, 0.6) is 0 Å². The van der Waals surface area contributed by atoms with Gasteiger partial charge in [-0.15, -0.1) is 0 Å². The summed E-state index contributed by atoms with van der Waals surface area (Å²) in [6, 6.07) is 0. The Morgan fingerprint density at radius 1 is 1.45 bits per heavy atom. The molecule has 0 fully saturated rings. The summed E-state index contributed by atoms with van der Waals surface area (Å²) in [6.07, 6.45) is -3.95. The van der Waals surface area contributed by atoms with E-state index in [0.717, 1.165) is 6.08 Å². The van der Waals surface area contributed by atoms with E-state index in [1.54, 1.807) is 6.92 Å². The highest BCUT2D eigenvalue weighted by Crippen LogP contribution is 2.27. The number of hydrogen-bond donors (Lipinski definition) is 5. The highest BCUT2D eigenvalue weighted by atomic mass is 16.5. The highest BCUT2D eigenvalue weighted by molar-refractivity contribution is 5.84. The number of ether oxygens (including phenoxy) is 1. The first-order valence-electron chi connectivity index (χ1n) is 6.14. The van der Waals surface area contributed by atoms with E-state index in [1.165, 1.54) is 6.92 Å². The molecule has 5 atom stereocenters. The van der Waals surface area contributed by atoms with Crippen molar-refractivity contribution >= 4 is 11.9 Å². The van der Waals surface area contributed by atoms with Crippen molar-refractivity contribution in [2.45, 2.75) is 38.3 Å². The number of amides is 1. The fourth-order valence-electron chi connectivity index (χ4n) is 1.88. The Morgan fingerprint density at radius 2 is 2.05 bits per heavy atom. The van der Waals surface area contributed by atoms with E-state index in [0.29, 0.717) is 0 Å². The largest absolute Gasteiger partial charge is 0.480 e. The number of carbonyl (C=O) groups excluding carboxylic acids is 1. The zero-order chi connectivity index (χ0) is 15.4. The molecular weight excluding hydrogens is 270 g/mol. The molecule has 1 aliphatic rings. The van der Waals surface area contributed by atoms with Gasteiger partial charge in [-0.2, -0.15) is 0 Å². The molecule has 8 nitrogen and oxygen atoms in total. The van der Waals surface area contributed by atoms with E-state index in [2.05, 4.69) is 5.32 Å². The second-order valence-electron chi connectivity index (χ2n) is 4.76. The number of aliphatic hydroxyl groups is 3. The van der Waals surface area contributed by atoms with Crippen LogP contribution in [0.15, 0.2) is 11.8 Å². The molecule has 1 rings (SSSR count). The molecule has 2 unspecified atom stereocenters. The molecule has 0 bridgehead atoms. The Labute approximate surface area is 115 Å². The first-order valence-corrected chi connectivity index (χ1v) is 6.14. The van der Waals surface area contributed by atoms with Crippen LogP contribution >= 0.6 is 0 Å². The maximum Gasteiger partial charge on any atom is 0.370 e. The molecule has 0 aromatic rings. The summed E-state index contributed by atoms with van der Waals surface area (Å²) < 4.78 is 5.10. The fourth-order valence-corrected chi connectivity index (χ4v) is 1.88. The van der Waals surface area contributed by atoms with E-state index >= 15 is 0 Å². The third-order valence-electron chi connectivity index (χ3n) is 3.14. The maximum absolute atomic E-state index is 10.9. The van der Waals surface area contributed by atoms with Gasteiger partial charge in [0.2, 0.25) is 11.7 Å². The zero-order valence-corrected chi connectivity index (χ0v) is 11.2. The molecule has 0 saturated carbocycles. The monoisotopic (exact) mass is 289 g/mol. The number of carboxylic acids is 1. The average molecular weight is 289 g/mol. The second-order valence-corrected chi connectivity index (χ2v) is 4.76. The predicted octanol–water partition coefficient (Wildman–Crippen LogP) is -1.79. The van der Waals surface area contributed by atoms with Crippen molar-refractivity contribution in [3.05, 3.63) is 11.8 Å². The molecule has 0 radical (unpaired) electrons. The van der Waals surface area contributed by atoms with Crippen molar-refractivity contribution < 1.29 is 34.8 Å². The second kappa shape index (κ2) is 6.69. The number of rotatable bonds is 5. The topological polar surface area (TPSA) is 136 Å². The first kappa shape index (κ1) is 16.4. The van der Waals surface area contributed by atoms with Gasteiger partial charge in [-0.25, -0.2) is 4.79 Å². The summed E-state index contributed by atoms with van der Waals surface area (Å²) >= 11 is 0. The van der Waals surface area contributed by atoms with Gasteiger partial charge >= 0.3 is 5.97 Å². The average Bonchev–Trinajstić information content (AvgIpc) is 2.37. The van der Waals surface area contributed by atoms with Gasteiger partial charge in [0, 0.05) is 19.4 Å². The summed E-state index contributed by atoms with van der Waals surface area (Å²) in [4.78, 5) is 21.6. The molecule has 0 saturated heterocycles. The molecule has 5 N–H and O–H groups in total. The van der Waals surface area contributed by atoms with Crippen molar-refractivity contribution in [3.8, 4) is 0 Å². The van der Waals surface area contributed by atoms with Crippen molar-refractivity contribution in [3.63, 3.8) is 0 Å². The molecule has 1 amide bonds. The van der Waals surface area contributed by atoms with Crippen molar-refractivity contribution in [2.24, 2.45) is 5.92 Å². The fraction of sp³-hybridized carbons (Fsp3) is 0.667. The minimum Gasteiger partial charge on any atom is -0.480 e. The summed E-state index contributed by atoms with van der Waals surface area (Å²) in [7, 11) is 0. The van der Waals surface area contributed by atoms with Gasteiger partial charge in [-0.3, -0.25) is 4.79 Å². The standard InChI is InChI=1S/C12H19NO7/c1-5-7(15)3-9(12(18)19)20-11(5)10(17)8(16)4-13-6(2)14/h3,5,7-8,10-11,15-17H,4H2,1-2H3,(H,13,14)(H,18,19)/t5-,7?,8+,10+,11?/m1/s1. The van der Waals surface area contributed by atoms with Crippen molar-refractivity contribution in [1.29, 1.82) is 0 Å². The lowest BCUT2D eigenvalue weighted by Crippen LogP contribution is -2.51. The minimum atomic E-state index is -1.45. The number of carbonyl (C=O) groups is 2. The summed E-state index contributed by atoms with van der Waals surface area (Å²) in [6.45, 7) is 2.61. The number of aliphatic hydroxyl groups excluding tert-OH is 3. The van der Waals surface area contributed by atoms with E-state index in [-0.39, 0.29) is 12.5 Å². The lowest BCUT2D eigenvalue weighted by atomic mass is 9.89. The van der Waals surface area contributed by atoms with Gasteiger partial charge in [0.25, 0.3) is 0 Å². The molecule has 0 aliphatic carbocycles. The van der Waals surface area contributed by atoms with Crippen LogP contribution in [0, 0.1) is 5.92 Å². The third kappa shape index (κ3) is 3.92. The molecule has 0 spiro atoms. The van der Waals surface area contributed by atoms with Gasteiger partial charge in [-0.1, -0.05) is 6.92 Å². The van der Waals surface area contributed by atoms with Gasteiger partial charge < -0.3 is 30.5 Å². The zero-order valence-electron chi connectivity index (χ0n) is 11.2. The van der Waals surface area contributed by atoms with Gasteiger partial charge in [0.15, 0.2) is 0 Å². The van der Waals surface area contributed by atoms with Gasteiger partial charge in [-0.05, 0) is 6.08 Å².